The molecule has 122 valence electrons. The lowest BCUT2D eigenvalue weighted by molar-refractivity contribution is -0.665. The predicted octanol–water partition coefficient (Wildman–Crippen LogP) is 2.89. The van der Waals surface area contributed by atoms with Crippen molar-refractivity contribution in [2.24, 2.45) is 17.8 Å². The highest BCUT2D eigenvalue weighted by Gasteiger charge is 2.37. The average molecular weight is 296 g/mol. The third-order valence-electron chi connectivity index (χ3n) is 5.66. The molecule has 0 radical (unpaired) electrons. The first-order valence-electron chi connectivity index (χ1n) is 9.07. The van der Waals surface area contributed by atoms with E-state index in [0.29, 0.717) is 5.92 Å². The Morgan fingerprint density at radius 3 is 2.29 bits per heavy atom. The summed E-state index contributed by atoms with van der Waals surface area (Å²) in [6.07, 6.45) is 9.44. The molecule has 1 aliphatic heterocycles. The maximum Gasteiger partial charge on any atom is 0.309 e. The van der Waals surface area contributed by atoms with Gasteiger partial charge in [0.2, 0.25) is 0 Å². The number of carbonyl (C=O) groups excluding carboxylic acids is 1. The Labute approximate surface area is 130 Å². The molecule has 1 heterocycles. The van der Waals surface area contributed by atoms with Gasteiger partial charge in [0, 0.05) is 18.8 Å². The molecule has 1 aliphatic carbocycles. The zero-order chi connectivity index (χ0) is 15.3. The molecule has 0 atom stereocenters. The Morgan fingerprint density at radius 1 is 1.10 bits per heavy atom. The molecule has 2 N–H and O–H groups in total. The summed E-state index contributed by atoms with van der Waals surface area (Å²) in [6, 6.07) is 0. The molecule has 2 fully saturated rings. The molecule has 1 saturated heterocycles. The lowest BCUT2D eigenvalue weighted by atomic mass is 9.79. The lowest BCUT2D eigenvalue weighted by Gasteiger charge is -2.37. The summed E-state index contributed by atoms with van der Waals surface area (Å²) < 4.78 is 5.96. The van der Waals surface area contributed by atoms with Crippen molar-refractivity contribution < 1.29 is 14.8 Å². The van der Waals surface area contributed by atoms with E-state index in [1.165, 1.54) is 51.6 Å². The van der Waals surface area contributed by atoms with Gasteiger partial charge < -0.3 is 10.1 Å². The van der Waals surface area contributed by atoms with Gasteiger partial charge in [-0.25, -0.2) is 0 Å². The molecule has 0 bridgehead atoms. The van der Waals surface area contributed by atoms with Crippen molar-refractivity contribution in [2.75, 3.05) is 13.1 Å². The highest BCUT2D eigenvalue weighted by Crippen LogP contribution is 2.35. The number of hydrogen-bond acceptors (Lipinski definition) is 2. The molecule has 0 unspecified atom stereocenters. The first-order chi connectivity index (χ1) is 10.0. The number of hydrogen-bond donors (Lipinski definition) is 1. The summed E-state index contributed by atoms with van der Waals surface area (Å²) in [5, 5.41) is 2.36. The van der Waals surface area contributed by atoms with Crippen LogP contribution in [0.15, 0.2) is 0 Å². The van der Waals surface area contributed by atoms with Crippen LogP contribution in [0.1, 0.15) is 72.1 Å². The fourth-order valence-corrected chi connectivity index (χ4v) is 4.14. The first kappa shape index (κ1) is 16.8. The van der Waals surface area contributed by atoms with Crippen LogP contribution in [0.3, 0.4) is 0 Å². The molecule has 3 nitrogen and oxygen atoms in total. The summed E-state index contributed by atoms with van der Waals surface area (Å²) in [4.78, 5) is 12.5. The molecule has 2 rings (SSSR count). The normalized spacial score (nSPS) is 28.3. The Morgan fingerprint density at radius 2 is 1.71 bits per heavy atom. The summed E-state index contributed by atoms with van der Waals surface area (Å²) in [5.74, 6) is 1.61. The van der Waals surface area contributed by atoms with Gasteiger partial charge in [0.25, 0.3) is 0 Å². The van der Waals surface area contributed by atoms with Gasteiger partial charge in [-0.3, -0.25) is 4.79 Å². The van der Waals surface area contributed by atoms with Crippen LogP contribution in [-0.2, 0) is 9.53 Å². The predicted molar refractivity (Wildman–Crippen MR) is 84.9 cm³/mol. The van der Waals surface area contributed by atoms with Gasteiger partial charge in [-0.05, 0) is 45.4 Å². The Bertz CT molecular complexity index is 326. The van der Waals surface area contributed by atoms with E-state index in [1.54, 1.807) is 0 Å². The van der Waals surface area contributed by atoms with Crippen LogP contribution < -0.4 is 5.32 Å². The van der Waals surface area contributed by atoms with Gasteiger partial charge in [0.15, 0.2) is 0 Å². The molecule has 2 aliphatic rings. The summed E-state index contributed by atoms with van der Waals surface area (Å²) in [6.45, 7) is 8.83. The van der Waals surface area contributed by atoms with Crippen LogP contribution in [0.4, 0.5) is 0 Å². The Kier molecular flexibility index (Phi) is 6.09. The van der Waals surface area contributed by atoms with Crippen LogP contribution in [0, 0.1) is 17.8 Å². The minimum Gasteiger partial charge on any atom is -0.459 e. The molecule has 3 heteroatoms. The van der Waals surface area contributed by atoms with E-state index in [1.807, 2.05) is 0 Å². The van der Waals surface area contributed by atoms with Gasteiger partial charge in [-0.15, -0.1) is 0 Å². The summed E-state index contributed by atoms with van der Waals surface area (Å²) >= 11 is 0. The minimum absolute atomic E-state index is 0.0736. The van der Waals surface area contributed by atoms with Crippen molar-refractivity contribution in [3.63, 3.8) is 0 Å². The zero-order valence-electron chi connectivity index (χ0n) is 14.2. The van der Waals surface area contributed by atoms with Crippen LogP contribution in [0.2, 0.25) is 0 Å². The van der Waals surface area contributed by atoms with Crippen molar-refractivity contribution >= 4 is 5.97 Å². The smallest absolute Gasteiger partial charge is 0.309 e. The quantitative estimate of drug-likeness (QED) is 0.793. The molecule has 1 saturated carbocycles. The lowest BCUT2D eigenvalue weighted by Crippen LogP contribution is -2.86. The van der Waals surface area contributed by atoms with E-state index in [9.17, 15) is 4.79 Å². The van der Waals surface area contributed by atoms with E-state index in [2.05, 4.69) is 26.1 Å². The molecular weight excluding hydrogens is 262 g/mol. The highest BCUT2D eigenvalue weighted by atomic mass is 16.6. The minimum atomic E-state index is -0.286. The van der Waals surface area contributed by atoms with E-state index in [4.69, 9.17) is 4.74 Å². The molecule has 0 aromatic carbocycles. The zero-order valence-corrected chi connectivity index (χ0v) is 14.2. The summed E-state index contributed by atoms with van der Waals surface area (Å²) in [7, 11) is 0. The fourth-order valence-electron chi connectivity index (χ4n) is 4.14. The van der Waals surface area contributed by atoms with Crippen LogP contribution in [0.25, 0.3) is 0 Å². The van der Waals surface area contributed by atoms with Crippen molar-refractivity contribution in [1.82, 2.24) is 0 Å². The number of piperidine rings is 1. The third-order valence-corrected chi connectivity index (χ3v) is 5.66. The Hall–Kier alpha value is -0.570. The van der Waals surface area contributed by atoms with Crippen molar-refractivity contribution in [2.45, 2.75) is 77.7 Å². The number of rotatable bonds is 5. The summed E-state index contributed by atoms with van der Waals surface area (Å²) in [5.41, 5.74) is -0.286. The van der Waals surface area contributed by atoms with Crippen molar-refractivity contribution in [1.29, 1.82) is 0 Å². The van der Waals surface area contributed by atoms with Crippen LogP contribution in [0.5, 0.6) is 0 Å². The van der Waals surface area contributed by atoms with Crippen molar-refractivity contribution in [3.8, 4) is 0 Å². The maximum absolute atomic E-state index is 12.5. The topological polar surface area (TPSA) is 42.9 Å². The second-order valence-electron chi connectivity index (χ2n) is 7.67. The van der Waals surface area contributed by atoms with E-state index in [-0.39, 0.29) is 17.5 Å². The van der Waals surface area contributed by atoms with Gasteiger partial charge >= 0.3 is 5.97 Å². The van der Waals surface area contributed by atoms with Gasteiger partial charge in [0.05, 0.1) is 19.0 Å². The molecule has 0 aromatic heterocycles. The SMILES string of the molecule is CCCC1CCC(C(=O)OC(C)(C)C2CC[NH2+]CC2)CC1. The number of carbonyl (C=O) groups is 1. The molecule has 0 amide bonds. The average Bonchev–Trinajstić information content (AvgIpc) is 2.49. The third kappa shape index (κ3) is 4.70. The van der Waals surface area contributed by atoms with Gasteiger partial charge in [0.1, 0.15) is 5.60 Å². The number of esters is 1. The molecule has 0 aromatic rings. The number of ether oxygens (including phenoxy) is 1. The standard InChI is InChI=1S/C18H33NO2/c1-4-5-14-6-8-15(9-7-14)17(20)21-18(2,3)16-10-12-19-13-11-16/h14-16,19H,4-13H2,1-3H3/p+1. The van der Waals surface area contributed by atoms with E-state index < -0.39 is 0 Å². The highest BCUT2D eigenvalue weighted by molar-refractivity contribution is 5.73. The first-order valence-corrected chi connectivity index (χ1v) is 9.07. The second-order valence-corrected chi connectivity index (χ2v) is 7.67. The molecule has 21 heavy (non-hydrogen) atoms. The van der Waals surface area contributed by atoms with Crippen LogP contribution in [-0.4, -0.2) is 24.7 Å². The maximum atomic E-state index is 12.5. The van der Waals surface area contributed by atoms with Crippen molar-refractivity contribution in [3.05, 3.63) is 0 Å². The Balaban J connectivity index is 1.80. The molecule has 0 spiro atoms. The van der Waals surface area contributed by atoms with E-state index in [0.717, 1.165) is 18.8 Å². The fraction of sp³-hybridized carbons (Fsp3) is 0.944. The largest absolute Gasteiger partial charge is 0.459 e. The monoisotopic (exact) mass is 296 g/mol. The molecular formula is C18H34NO2+. The van der Waals surface area contributed by atoms with E-state index >= 15 is 0 Å². The van der Waals surface area contributed by atoms with Gasteiger partial charge in [-0.1, -0.05) is 19.8 Å². The van der Waals surface area contributed by atoms with Gasteiger partial charge in [-0.2, -0.15) is 0 Å². The van der Waals surface area contributed by atoms with Crippen LogP contribution >= 0.6 is 0 Å². The second kappa shape index (κ2) is 7.62. The number of nitrogens with two attached hydrogens (primary N) is 1. The number of quaternary nitrogens is 1.